The van der Waals surface area contributed by atoms with E-state index in [0.29, 0.717) is 6.54 Å². The Morgan fingerprint density at radius 2 is 1.67 bits per heavy atom. The Morgan fingerprint density at radius 3 is 2.36 bits per heavy atom. The first-order chi connectivity index (χ1) is 18.8. The van der Waals surface area contributed by atoms with E-state index < -0.39 is 0 Å². The molecule has 0 unspecified atom stereocenters. The Morgan fingerprint density at radius 1 is 0.974 bits per heavy atom. The molecule has 2 heterocycles. The number of carbonyl (C=O) groups is 1. The van der Waals surface area contributed by atoms with Crippen LogP contribution in [-0.4, -0.2) is 34.6 Å². The molecule has 0 radical (unpaired) electrons. The summed E-state index contributed by atoms with van der Waals surface area (Å²) in [6.07, 6.45) is 6.21. The molecule has 3 aromatic rings. The van der Waals surface area contributed by atoms with E-state index in [4.69, 9.17) is 4.99 Å². The molecule has 2 aliphatic heterocycles. The van der Waals surface area contributed by atoms with E-state index in [9.17, 15) is 4.79 Å². The number of benzene rings is 3. The number of carbonyl (C=O) groups excluding carboxylic acids is 1. The van der Waals surface area contributed by atoms with Crippen molar-refractivity contribution in [3.63, 3.8) is 0 Å². The number of likely N-dealkylation sites (N-methyl/N-ethyl adjacent to an activating group) is 1. The highest BCUT2D eigenvalue weighted by molar-refractivity contribution is 8.18. The Hall–Kier alpha value is -3.57. The van der Waals surface area contributed by atoms with Crippen molar-refractivity contribution in [1.82, 2.24) is 4.90 Å². The van der Waals surface area contributed by atoms with Crippen molar-refractivity contribution >= 4 is 45.9 Å². The predicted molar refractivity (Wildman–Crippen MR) is 168 cm³/mol. The zero-order valence-electron chi connectivity index (χ0n) is 23.6. The van der Waals surface area contributed by atoms with Crippen LogP contribution in [0.2, 0.25) is 0 Å². The van der Waals surface area contributed by atoms with Gasteiger partial charge in [-0.3, -0.25) is 9.69 Å². The number of aliphatic imine (C=N–C) groups is 1. The Bertz CT molecular complexity index is 1450. The summed E-state index contributed by atoms with van der Waals surface area (Å²) in [6, 6.07) is 24.9. The number of hydrogen-bond acceptors (Lipinski definition) is 4. The molecule has 0 aromatic heterocycles. The lowest BCUT2D eigenvalue weighted by atomic mass is 9.87. The number of aryl methyl sites for hydroxylation is 2. The summed E-state index contributed by atoms with van der Waals surface area (Å²) >= 11 is 1.48. The van der Waals surface area contributed by atoms with E-state index in [1.165, 1.54) is 39.7 Å². The monoisotopic (exact) mass is 535 g/mol. The van der Waals surface area contributed by atoms with Crippen molar-refractivity contribution in [3.8, 4) is 0 Å². The zero-order valence-corrected chi connectivity index (χ0v) is 24.4. The van der Waals surface area contributed by atoms with Gasteiger partial charge in [0.15, 0.2) is 5.17 Å². The topological polar surface area (TPSA) is 35.9 Å². The maximum absolute atomic E-state index is 13.7. The molecule has 1 saturated heterocycles. The number of rotatable bonds is 7. The number of allylic oxidation sites excluding steroid dienone is 1. The molecule has 4 nitrogen and oxygen atoms in total. The first kappa shape index (κ1) is 27.0. The number of nitrogens with zero attached hydrogens (tertiary/aromatic N) is 3. The number of amidine groups is 1. The second-order valence-corrected chi connectivity index (χ2v) is 11.8. The maximum atomic E-state index is 13.7. The Labute approximate surface area is 237 Å². The highest BCUT2D eigenvalue weighted by atomic mass is 32.2. The van der Waals surface area contributed by atoms with Crippen LogP contribution < -0.4 is 4.90 Å². The second kappa shape index (κ2) is 11.3. The lowest BCUT2D eigenvalue weighted by Gasteiger charge is -2.43. The van der Waals surface area contributed by atoms with Crippen molar-refractivity contribution in [2.45, 2.75) is 53.0 Å². The third-order valence-electron chi connectivity index (χ3n) is 7.53. The van der Waals surface area contributed by atoms with Gasteiger partial charge in [0.2, 0.25) is 0 Å². The summed E-state index contributed by atoms with van der Waals surface area (Å²) in [7, 11) is 0. The van der Waals surface area contributed by atoms with Crippen LogP contribution in [-0.2, 0) is 11.2 Å². The number of amides is 1. The van der Waals surface area contributed by atoms with Crippen LogP contribution in [0.25, 0.3) is 11.6 Å². The predicted octanol–water partition coefficient (Wildman–Crippen LogP) is 8.25. The molecule has 0 N–H and O–H groups in total. The van der Waals surface area contributed by atoms with Gasteiger partial charge in [-0.25, -0.2) is 4.99 Å². The molecule has 39 heavy (non-hydrogen) atoms. The molecule has 5 heteroatoms. The fourth-order valence-electron chi connectivity index (χ4n) is 5.61. The van der Waals surface area contributed by atoms with E-state index >= 15 is 0 Å². The summed E-state index contributed by atoms with van der Waals surface area (Å²) in [5.74, 6) is 0.0310. The van der Waals surface area contributed by atoms with Crippen LogP contribution in [0.3, 0.4) is 0 Å². The minimum absolute atomic E-state index is 0.0292. The van der Waals surface area contributed by atoms with Crippen LogP contribution in [0.15, 0.2) is 88.8 Å². The molecular weight excluding hydrogens is 498 g/mol. The number of fused-ring (bicyclic) bond motifs is 1. The summed E-state index contributed by atoms with van der Waals surface area (Å²) in [6.45, 7) is 12.6. The van der Waals surface area contributed by atoms with Gasteiger partial charge >= 0.3 is 0 Å². The van der Waals surface area contributed by atoms with Gasteiger partial charge in [0.05, 0.1) is 16.1 Å². The number of anilines is 1. The highest BCUT2D eigenvalue weighted by Crippen LogP contribution is 2.41. The summed E-state index contributed by atoms with van der Waals surface area (Å²) in [4.78, 5) is 23.6. The van der Waals surface area contributed by atoms with E-state index in [1.807, 2.05) is 41.3 Å². The van der Waals surface area contributed by atoms with Crippen LogP contribution >= 0.6 is 11.8 Å². The second-order valence-electron chi connectivity index (χ2n) is 10.8. The van der Waals surface area contributed by atoms with Gasteiger partial charge < -0.3 is 4.90 Å². The van der Waals surface area contributed by atoms with Gasteiger partial charge in [-0.05, 0) is 112 Å². The largest absolute Gasteiger partial charge is 0.363 e. The van der Waals surface area contributed by atoms with Crippen molar-refractivity contribution in [3.05, 3.63) is 106 Å². The van der Waals surface area contributed by atoms with E-state index in [-0.39, 0.29) is 11.4 Å². The Kier molecular flexibility index (Phi) is 7.81. The fourth-order valence-corrected chi connectivity index (χ4v) is 6.62. The summed E-state index contributed by atoms with van der Waals surface area (Å²) in [5.41, 5.74) is 8.14. The molecule has 3 aromatic carbocycles. The van der Waals surface area contributed by atoms with Gasteiger partial charge in [0.25, 0.3) is 5.91 Å². The lowest BCUT2D eigenvalue weighted by molar-refractivity contribution is -0.122. The normalized spacial score (nSPS) is 18.6. The fraction of sp³-hybridized carbons (Fsp3) is 0.294. The molecule has 5 rings (SSSR count). The van der Waals surface area contributed by atoms with Crippen LogP contribution in [0, 0.1) is 6.92 Å². The molecule has 200 valence electrons. The molecule has 0 aliphatic carbocycles. The minimum Gasteiger partial charge on any atom is -0.363 e. The van der Waals surface area contributed by atoms with Gasteiger partial charge in [-0.2, -0.15) is 0 Å². The summed E-state index contributed by atoms with van der Waals surface area (Å²) < 4.78 is 0. The molecule has 1 fully saturated rings. The SMILES string of the molecule is CCN1c2cc(C)c(/C=C3/SC(=Nc4ccccc4)N(CCCc4ccccc4)C3=O)cc2C(C)=CC1(C)C. The molecule has 0 spiro atoms. The molecule has 0 saturated carbocycles. The van der Waals surface area contributed by atoms with Crippen LogP contribution in [0.5, 0.6) is 0 Å². The molecular formula is C34H37N3OS. The standard InChI is InChI=1S/C34H37N3OS/c1-6-37-30-20-24(2)27(21-29(30)25(3)23-34(37,4)5)22-31-32(38)36(19-13-16-26-14-9-7-10-15-26)33(39-31)35-28-17-11-8-12-18-28/h7-12,14-15,17-18,20-23H,6,13,16,19H2,1-5H3/b31-22+,35-33?. The minimum atomic E-state index is -0.0292. The smallest absolute Gasteiger partial charge is 0.266 e. The average molecular weight is 536 g/mol. The first-order valence-corrected chi connectivity index (χ1v) is 14.6. The molecule has 1 amide bonds. The van der Waals surface area contributed by atoms with Crippen LogP contribution in [0.4, 0.5) is 11.4 Å². The Balaban J connectivity index is 1.46. The number of para-hydroxylation sites is 1. The quantitative estimate of drug-likeness (QED) is 0.286. The van der Waals surface area contributed by atoms with Gasteiger partial charge in [0.1, 0.15) is 0 Å². The lowest BCUT2D eigenvalue weighted by Crippen LogP contribution is -2.44. The average Bonchev–Trinajstić information content (AvgIpc) is 3.19. The number of hydrogen-bond donors (Lipinski definition) is 0. The third kappa shape index (κ3) is 5.74. The zero-order chi connectivity index (χ0) is 27.6. The summed E-state index contributed by atoms with van der Waals surface area (Å²) in [5, 5.41) is 0.746. The third-order valence-corrected chi connectivity index (χ3v) is 8.53. The van der Waals surface area contributed by atoms with Gasteiger partial charge in [-0.1, -0.05) is 54.6 Å². The first-order valence-electron chi connectivity index (χ1n) is 13.8. The molecule has 0 bridgehead atoms. The highest BCUT2D eigenvalue weighted by Gasteiger charge is 2.34. The van der Waals surface area contributed by atoms with Crippen molar-refractivity contribution in [1.29, 1.82) is 0 Å². The van der Waals surface area contributed by atoms with E-state index in [2.05, 4.69) is 88.1 Å². The van der Waals surface area contributed by atoms with Gasteiger partial charge in [0, 0.05) is 24.3 Å². The van der Waals surface area contributed by atoms with Crippen LogP contribution in [0.1, 0.15) is 56.4 Å². The van der Waals surface area contributed by atoms with E-state index in [1.54, 1.807) is 0 Å². The van der Waals surface area contributed by atoms with E-state index in [0.717, 1.165) is 40.7 Å². The molecule has 2 aliphatic rings. The van der Waals surface area contributed by atoms with Crippen molar-refractivity contribution < 1.29 is 4.79 Å². The number of thioether (sulfide) groups is 1. The van der Waals surface area contributed by atoms with Crippen molar-refractivity contribution in [2.75, 3.05) is 18.0 Å². The molecule has 0 atom stereocenters. The van der Waals surface area contributed by atoms with Crippen molar-refractivity contribution in [2.24, 2.45) is 4.99 Å². The maximum Gasteiger partial charge on any atom is 0.266 e. The van der Waals surface area contributed by atoms with Gasteiger partial charge in [-0.15, -0.1) is 0 Å².